The Kier molecular flexibility index (Phi) is 9.08. The van der Waals surface area contributed by atoms with Crippen LogP contribution in [-0.4, -0.2) is 77.0 Å². The smallest absolute Gasteiger partial charge is 0.219 e. The van der Waals surface area contributed by atoms with Crippen LogP contribution in [0.5, 0.6) is 17.4 Å². The van der Waals surface area contributed by atoms with Crippen LogP contribution in [0.25, 0.3) is 11.8 Å². The van der Waals surface area contributed by atoms with Gasteiger partial charge < -0.3 is 29.7 Å². The maximum atomic E-state index is 14.1. The van der Waals surface area contributed by atoms with Crippen molar-refractivity contribution in [2.75, 3.05) is 50.0 Å². The zero-order valence-electron chi connectivity index (χ0n) is 27.9. The van der Waals surface area contributed by atoms with E-state index in [1.165, 1.54) is 29.2 Å². The van der Waals surface area contributed by atoms with Gasteiger partial charge in [-0.25, -0.2) is 18.4 Å². The highest BCUT2D eigenvalue weighted by atomic mass is 19.1. The van der Waals surface area contributed by atoms with Gasteiger partial charge >= 0.3 is 0 Å². The van der Waals surface area contributed by atoms with Crippen LogP contribution in [0.1, 0.15) is 53.7 Å². The van der Waals surface area contributed by atoms with Crippen LogP contribution in [0.2, 0.25) is 0 Å². The lowest BCUT2D eigenvalue weighted by atomic mass is 10.0. The summed E-state index contributed by atoms with van der Waals surface area (Å²) in [4.78, 5) is 22.9. The number of morpholine rings is 1. The number of carbonyl (C=O) groups excluding carboxylic acids is 1. The Morgan fingerprint density at radius 1 is 1.02 bits per heavy atom. The van der Waals surface area contributed by atoms with Crippen LogP contribution in [0.4, 0.5) is 20.3 Å². The van der Waals surface area contributed by atoms with Gasteiger partial charge in [-0.1, -0.05) is 6.07 Å². The van der Waals surface area contributed by atoms with Crippen molar-refractivity contribution < 1.29 is 27.8 Å². The first kappa shape index (κ1) is 32.7. The topological polar surface area (TPSA) is 108 Å². The molecule has 0 amide bonds. The largest absolute Gasteiger partial charge is 0.488 e. The third kappa shape index (κ3) is 6.62. The van der Waals surface area contributed by atoms with E-state index in [1.807, 2.05) is 6.08 Å². The summed E-state index contributed by atoms with van der Waals surface area (Å²) in [6.45, 7) is 11.1. The van der Waals surface area contributed by atoms with E-state index in [9.17, 15) is 13.6 Å². The fourth-order valence-corrected chi connectivity index (χ4v) is 6.72. The minimum Gasteiger partial charge on any atom is -0.488 e. The molecule has 2 aromatic carbocycles. The number of allylic oxidation sites excluding steroid dienone is 1. The standard InChI is InChI=1S/C37H40F2N6O4/c1-22(2)43-9-7-27(8-10-43)48-33-19-25-17-26(16-24(25)18-31(33)44-11-13-47-14-12-44)35(46)28-20-42-45(37(28)40)32-21-41-34(15-23(32)3)49-36-29(38)5-4-6-30(36)39/h4-6,15,17-22,27H,7-14,16,40H2,1-3H3. The van der Waals surface area contributed by atoms with Crippen LogP contribution in [-0.2, 0) is 11.2 Å². The molecule has 0 unspecified atom stereocenters. The molecule has 0 saturated carbocycles. The number of ether oxygens (including phenoxy) is 3. The van der Waals surface area contributed by atoms with Gasteiger partial charge in [0.25, 0.3) is 0 Å². The molecule has 0 radical (unpaired) electrons. The Labute approximate surface area is 284 Å². The number of nitrogens with two attached hydrogens (primary N) is 1. The van der Waals surface area contributed by atoms with Crippen molar-refractivity contribution in [2.45, 2.75) is 52.2 Å². The highest BCUT2D eigenvalue weighted by molar-refractivity contribution is 6.15. The van der Waals surface area contributed by atoms with Gasteiger partial charge in [-0.05, 0) is 80.6 Å². The van der Waals surface area contributed by atoms with Crippen LogP contribution >= 0.6 is 0 Å². The quantitative estimate of drug-likeness (QED) is 0.210. The molecule has 2 aliphatic heterocycles. The third-order valence-electron chi connectivity index (χ3n) is 9.54. The van der Waals surface area contributed by atoms with Gasteiger partial charge in [0.05, 0.1) is 42.5 Å². The first-order chi connectivity index (χ1) is 23.7. The van der Waals surface area contributed by atoms with Gasteiger partial charge in [0, 0.05) is 50.3 Å². The summed E-state index contributed by atoms with van der Waals surface area (Å²) in [5.41, 5.74) is 11.6. The minimum atomic E-state index is -0.838. The monoisotopic (exact) mass is 670 g/mol. The molecule has 2 saturated heterocycles. The van der Waals surface area contributed by atoms with E-state index < -0.39 is 17.4 Å². The van der Waals surface area contributed by atoms with Crippen molar-refractivity contribution in [2.24, 2.45) is 0 Å². The predicted octanol–water partition coefficient (Wildman–Crippen LogP) is 6.14. The summed E-state index contributed by atoms with van der Waals surface area (Å²) in [5, 5.41) is 4.40. The molecule has 0 atom stereocenters. The summed E-state index contributed by atoms with van der Waals surface area (Å²) >= 11 is 0. The molecule has 12 heteroatoms. The number of piperidine rings is 1. The van der Waals surface area contributed by atoms with E-state index in [4.69, 9.17) is 19.9 Å². The van der Waals surface area contributed by atoms with Gasteiger partial charge in [-0.2, -0.15) is 5.10 Å². The molecular weight excluding hydrogens is 630 g/mol. The lowest BCUT2D eigenvalue weighted by molar-refractivity contribution is 0.0839. The Hall–Kier alpha value is -4.81. The molecule has 7 rings (SSSR count). The Balaban J connectivity index is 1.11. The number of anilines is 2. The van der Waals surface area contributed by atoms with Gasteiger partial charge in [-0.3, -0.25) is 4.79 Å². The SMILES string of the molecule is Cc1cc(Oc2c(F)cccc2F)ncc1-n1ncc(C(=O)C2=Cc3cc(OC4CCN(C(C)C)CC4)c(N4CCOCC4)cc3C2)c1N. The fourth-order valence-electron chi connectivity index (χ4n) is 6.72. The maximum Gasteiger partial charge on any atom is 0.219 e. The molecular formula is C37H40F2N6O4. The van der Waals surface area contributed by atoms with Gasteiger partial charge in [0.2, 0.25) is 11.6 Å². The number of hydrogen-bond donors (Lipinski definition) is 1. The molecule has 10 nitrogen and oxygen atoms in total. The molecule has 2 fully saturated rings. The number of ketones is 1. The average molecular weight is 671 g/mol. The van der Waals surface area contributed by atoms with Crippen molar-refractivity contribution in [1.29, 1.82) is 0 Å². The number of para-hydroxylation sites is 1. The maximum absolute atomic E-state index is 14.1. The van der Waals surface area contributed by atoms with E-state index in [2.05, 4.69) is 45.9 Å². The minimum absolute atomic E-state index is 0.00182. The average Bonchev–Trinajstić information content (AvgIpc) is 3.69. The predicted molar refractivity (Wildman–Crippen MR) is 183 cm³/mol. The summed E-state index contributed by atoms with van der Waals surface area (Å²) in [7, 11) is 0. The number of Topliss-reactive ketones (excluding diaryl/α,β-unsaturated/α-hetero) is 1. The zero-order chi connectivity index (χ0) is 34.2. The van der Waals surface area contributed by atoms with Crippen molar-refractivity contribution >= 4 is 23.4 Å². The molecule has 1 aliphatic carbocycles. The normalized spacial score (nSPS) is 16.9. The molecule has 3 aliphatic rings. The molecule has 2 N–H and O–H groups in total. The van der Waals surface area contributed by atoms with Gasteiger partial charge in [-0.15, -0.1) is 0 Å². The second-order valence-electron chi connectivity index (χ2n) is 13.1. The van der Waals surface area contributed by atoms with Crippen molar-refractivity contribution in [3.8, 4) is 23.1 Å². The van der Waals surface area contributed by atoms with E-state index in [0.29, 0.717) is 42.5 Å². The number of aromatic nitrogens is 3. The third-order valence-corrected chi connectivity index (χ3v) is 9.54. The molecule has 4 aromatic rings. The number of pyridine rings is 1. The number of likely N-dealkylation sites (tertiary alicyclic amines) is 1. The van der Waals surface area contributed by atoms with Crippen LogP contribution in [0, 0.1) is 18.6 Å². The van der Waals surface area contributed by atoms with Gasteiger partial charge in [0.1, 0.15) is 17.7 Å². The molecule has 4 heterocycles. The number of rotatable bonds is 9. The number of carbonyl (C=O) groups is 1. The van der Waals surface area contributed by atoms with Crippen LogP contribution in [0.3, 0.4) is 0 Å². The van der Waals surface area contributed by atoms with Crippen molar-refractivity contribution in [3.05, 3.63) is 88.3 Å². The van der Waals surface area contributed by atoms with E-state index >= 15 is 0 Å². The lowest BCUT2D eigenvalue weighted by Gasteiger charge is -2.36. The second-order valence-corrected chi connectivity index (χ2v) is 13.1. The molecule has 49 heavy (non-hydrogen) atoms. The lowest BCUT2D eigenvalue weighted by Crippen LogP contribution is -2.42. The number of benzene rings is 2. The number of aryl methyl sites for hydroxylation is 1. The highest BCUT2D eigenvalue weighted by Gasteiger charge is 2.29. The Bertz CT molecular complexity index is 1890. The van der Waals surface area contributed by atoms with Crippen LogP contribution in [0.15, 0.2) is 54.4 Å². The number of fused-ring (bicyclic) bond motifs is 1. The fraction of sp³-hybridized carbons (Fsp3) is 0.378. The number of hydrogen-bond acceptors (Lipinski definition) is 9. The highest BCUT2D eigenvalue weighted by Crippen LogP contribution is 2.40. The summed E-state index contributed by atoms with van der Waals surface area (Å²) < 4.78 is 47.4. The van der Waals surface area contributed by atoms with Gasteiger partial charge in [0.15, 0.2) is 17.4 Å². The molecule has 0 bridgehead atoms. The molecule has 0 spiro atoms. The first-order valence-corrected chi connectivity index (χ1v) is 16.7. The number of nitrogens with zero attached hydrogens (tertiary/aromatic N) is 5. The molecule has 2 aromatic heterocycles. The number of nitrogen functional groups attached to an aromatic ring is 1. The zero-order valence-corrected chi connectivity index (χ0v) is 27.9. The van der Waals surface area contributed by atoms with Crippen LogP contribution < -0.4 is 20.1 Å². The first-order valence-electron chi connectivity index (χ1n) is 16.7. The molecule has 256 valence electrons. The second kappa shape index (κ2) is 13.6. The van der Waals surface area contributed by atoms with E-state index in [-0.39, 0.29) is 29.1 Å². The Morgan fingerprint density at radius 3 is 2.45 bits per heavy atom. The van der Waals surface area contributed by atoms with Crippen molar-refractivity contribution in [1.82, 2.24) is 19.7 Å². The number of halogens is 2. The Morgan fingerprint density at radius 2 is 1.76 bits per heavy atom. The summed E-state index contributed by atoms with van der Waals surface area (Å²) in [5.74, 6) is -1.42. The van der Waals surface area contributed by atoms with E-state index in [0.717, 1.165) is 73.7 Å². The summed E-state index contributed by atoms with van der Waals surface area (Å²) in [6.07, 6.45) is 7.34. The van der Waals surface area contributed by atoms with E-state index in [1.54, 1.807) is 6.92 Å². The summed E-state index contributed by atoms with van der Waals surface area (Å²) in [6, 6.07) is 9.75. The van der Waals surface area contributed by atoms with Crippen molar-refractivity contribution in [3.63, 3.8) is 0 Å².